The molecule has 0 aromatic heterocycles. The molecular weight excluding hydrogens is 306 g/mol. The third-order valence-electron chi connectivity index (χ3n) is 2.89. The molecule has 0 N–H and O–H groups in total. The van der Waals surface area contributed by atoms with Crippen LogP contribution in [0.1, 0.15) is 32.3 Å². The zero-order valence-corrected chi connectivity index (χ0v) is 13.3. The quantitative estimate of drug-likeness (QED) is 0.554. The van der Waals surface area contributed by atoms with E-state index in [-0.39, 0.29) is 5.41 Å². The maximum atomic E-state index is 8.93. The van der Waals surface area contributed by atoms with Crippen LogP contribution in [0.4, 0.5) is 0 Å². The van der Waals surface area contributed by atoms with Crippen LogP contribution in [0.2, 0.25) is 0 Å². The molecule has 0 unspecified atom stereocenters. The van der Waals surface area contributed by atoms with Crippen LogP contribution in [0.25, 0.3) is 0 Å². The van der Waals surface area contributed by atoms with E-state index in [2.05, 4.69) is 22.0 Å². The first-order chi connectivity index (χ1) is 9.02. The van der Waals surface area contributed by atoms with Crippen LogP contribution in [0.15, 0.2) is 18.2 Å². The minimum atomic E-state index is -0.284. The molecule has 0 aliphatic carbocycles. The highest BCUT2D eigenvalue weighted by Gasteiger charge is 2.16. The average molecular weight is 326 g/mol. The molecule has 1 aromatic rings. The van der Waals surface area contributed by atoms with Gasteiger partial charge < -0.3 is 9.47 Å². The van der Waals surface area contributed by atoms with Crippen molar-refractivity contribution in [3.8, 4) is 17.6 Å². The standard InChI is InChI=1S/C15H20BrNO2/c1-15(2,11-17)7-4-8-19-13-6-5-12(10-16)9-14(13)18-3/h5-6,9H,4,7-8,10H2,1-3H3. The predicted molar refractivity (Wildman–Crippen MR) is 79.7 cm³/mol. The van der Waals surface area contributed by atoms with Gasteiger partial charge in [0.15, 0.2) is 11.5 Å². The fraction of sp³-hybridized carbons (Fsp3) is 0.533. The number of hydrogen-bond acceptors (Lipinski definition) is 3. The van der Waals surface area contributed by atoms with Crippen molar-refractivity contribution in [2.75, 3.05) is 13.7 Å². The van der Waals surface area contributed by atoms with Crippen LogP contribution in [-0.2, 0) is 5.33 Å². The second-order valence-corrected chi connectivity index (χ2v) is 5.63. The smallest absolute Gasteiger partial charge is 0.161 e. The Morgan fingerprint density at radius 1 is 1.32 bits per heavy atom. The molecule has 0 atom stereocenters. The van der Waals surface area contributed by atoms with E-state index in [0.717, 1.165) is 35.2 Å². The third-order valence-corrected chi connectivity index (χ3v) is 3.54. The SMILES string of the molecule is COc1cc(CBr)ccc1OCCCC(C)(C)C#N. The van der Waals surface area contributed by atoms with Gasteiger partial charge in [-0.15, -0.1) is 0 Å². The number of ether oxygens (including phenoxy) is 2. The third kappa shape index (κ3) is 5.12. The Bertz CT molecular complexity index is 452. The summed E-state index contributed by atoms with van der Waals surface area (Å²) in [6.07, 6.45) is 1.68. The maximum Gasteiger partial charge on any atom is 0.161 e. The van der Waals surface area contributed by atoms with Crippen LogP contribution >= 0.6 is 15.9 Å². The van der Waals surface area contributed by atoms with Gasteiger partial charge in [0.25, 0.3) is 0 Å². The average Bonchev–Trinajstić information content (AvgIpc) is 2.43. The largest absolute Gasteiger partial charge is 0.493 e. The Hall–Kier alpha value is -1.21. The summed E-state index contributed by atoms with van der Waals surface area (Å²) in [5.74, 6) is 1.50. The Balaban J connectivity index is 2.52. The van der Waals surface area contributed by atoms with E-state index in [0.29, 0.717) is 6.61 Å². The fourth-order valence-corrected chi connectivity index (χ4v) is 2.02. The lowest BCUT2D eigenvalue weighted by atomic mass is 9.90. The molecule has 0 fully saturated rings. The minimum Gasteiger partial charge on any atom is -0.493 e. The lowest BCUT2D eigenvalue weighted by molar-refractivity contribution is 0.269. The summed E-state index contributed by atoms with van der Waals surface area (Å²) in [6, 6.07) is 8.18. The molecule has 0 aliphatic heterocycles. The van der Waals surface area contributed by atoms with Crippen LogP contribution in [0.3, 0.4) is 0 Å². The summed E-state index contributed by atoms with van der Waals surface area (Å²) >= 11 is 3.41. The molecule has 19 heavy (non-hydrogen) atoms. The number of hydrogen-bond donors (Lipinski definition) is 0. The first-order valence-electron chi connectivity index (χ1n) is 6.29. The summed E-state index contributed by atoms with van der Waals surface area (Å²) in [5, 5.41) is 9.73. The number of benzene rings is 1. The Morgan fingerprint density at radius 2 is 2.05 bits per heavy atom. The van der Waals surface area contributed by atoms with Crippen LogP contribution < -0.4 is 9.47 Å². The molecule has 0 bridgehead atoms. The number of rotatable bonds is 7. The number of halogens is 1. The molecule has 0 spiro atoms. The van der Waals surface area contributed by atoms with E-state index in [1.54, 1.807) is 7.11 Å². The van der Waals surface area contributed by atoms with Crippen molar-refractivity contribution in [2.45, 2.75) is 32.0 Å². The number of nitrogens with zero attached hydrogens (tertiary/aromatic N) is 1. The van der Waals surface area contributed by atoms with Crippen molar-refractivity contribution >= 4 is 15.9 Å². The molecule has 4 heteroatoms. The lowest BCUT2D eigenvalue weighted by Gasteiger charge is -2.16. The summed E-state index contributed by atoms with van der Waals surface area (Å²) < 4.78 is 11.0. The summed E-state index contributed by atoms with van der Waals surface area (Å²) in [5.41, 5.74) is 0.864. The van der Waals surface area contributed by atoms with E-state index in [4.69, 9.17) is 14.7 Å². The van der Waals surface area contributed by atoms with Crippen molar-refractivity contribution in [2.24, 2.45) is 5.41 Å². The fourth-order valence-electron chi connectivity index (χ4n) is 1.67. The molecule has 0 saturated carbocycles. The molecule has 0 amide bonds. The zero-order chi connectivity index (χ0) is 14.3. The van der Waals surface area contributed by atoms with Gasteiger partial charge in [-0.05, 0) is 44.4 Å². The minimum absolute atomic E-state index is 0.284. The molecule has 0 saturated heterocycles. The molecule has 0 radical (unpaired) electrons. The van der Waals surface area contributed by atoms with Crippen LogP contribution in [0, 0.1) is 16.7 Å². The van der Waals surface area contributed by atoms with Gasteiger partial charge in [0.2, 0.25) is 0 Å². The van der Waals surface area contributed by atoms with Crippen LogP contribution in [-0.4, -0.2) is 13.7 Å². The van der Waals surface area contributed by atoms with Gasteiger partial charge >= 0.3 is 0 Å². The van der Waals surface area contributed by atoms with Crippen LogP contribution in [0.5, 0.6) is 11.5 Å². The number of nitriles is 1. The normalized spacial score (nSPS) is 10.9. The van der Waals surface area contributed by atoms with Gasteiger partial charge in [-0.1, -0.05) is 22.0 Å². The molecule has 1 rings (SSSR count). The molecule has 1 aromatic carbocycles. The topological polar surface area (TPSA) is 42.2 Å². The molecule has 0 heterocycles. The Kier molecular flexibility index (Phi) is 6.17. The molecule has 0 aliphatic rings. The van der Waals surface area contributed by atoms with Gasteiger partial charge in [0, 0.05) is 5.33 Å². The van der Waals surface area contributed by atoms with Crippen molar-refractivity contribution in [3.05, 3.63) is 23.8 Å². The maximum absolute atomic E-state index is 8.93. The predicted octanol–water partition coefficient (Wildman–Crippen LogP) is 4.30. The van der Waals surface area contributed by atoms with E-state index in [9.17, 15) is 0 Å². The molecular formula is C15H20BrNO2. The van der Waals surface area contributed by atoms with Crippen molar-refractivity contribution in [3.63, 3.8) is 0 Å². The van der Waals surface area contributed by atoms with Gasteiger partial charge in [0.1, 0.15) is 0 Å². The Labute approximate surface area is 123 Å². The highest BCUT2D eigenvalue weighted by molar-refractivity contribution is 9.08. The van der Waals surface area contributed by atoms with Gasteiger partial charge in [-0.2, -0.15) is 5.26 Å². The summed E-state index contributed by atoms with van der Waals surface area (Å²) in [4.78, 5) is 0. The van der Waals surface area contributed by atoms with E-state index >= 15 is 0 Å². The van der Waals surface area contributed by atoms with Crippen molar-refractivity contribution in [1.82, 2.24) is 0 Å². The first kappa shape index (κ1) is 15.8. The molecule has 3 nitrogen and oxygen atoms in total. The van der Waals surface area contributed by atoms with Gasteiger partial charge in [-0.25, -0.2) is 0 Å². The van der Waals surface area contributed by atoms with E-state index in [1.807, 2.05) is 32.0 Å². The van der Waals surface area contributed by atoms with Gasteiger partial charge in [0.05, 0.1) is 25.2 Å². The second kappa shape index (κ2) is 7.40. The monoisotopic (exact) mass is 325 g/mol. The first-order valence-corrected chi connectivity index (χ1v) is 7.41. The second-order valence-electron chi connectivity index (χ2n) is 5.07. The highest BCUT2D eigenvalue weighted by Crippen LogP contribution is 2.29. The number of alkyl halides is 1. The lowest BCUT2D eigenvalue weighted by Crippen LogP contribution is -2.10. The number of methoxy groups -OCH3 is 1. The summed E-state index contributed by atoms with van der Waals surface area (Å²) in [7, 11) is 1.64. The summed E-state index contributed by atoms with van der Waals surface area (Å²) in [6.45, 7) is 4.48. The Morgan fingerprint density at radius 3 is 2.63 bits per heavy atom. The van der Waals surface area contributed by atoms with E-state index < -0.39 is 0 Å². The molecule has 104 valence electrons. The van der Waals surface area contributed by atoms with Crippen molar-refractivity contribution < 1.29 is 9.47 Å². The van der Waals surface area contributed by atoms with E-state index in [1.165, 1.54) is 0 Å². The highest BCUT2D eigenvalue weighted by atomic mass is 79.9. The van der Waals surface area contributed by atoms with Crippen molar-refractivity contribution in [1.29, 1.82) is 5.26 Å². The zero-order valence-electron chi connectivity index (χ0n) is 11.7. The van der Waals surface area contributed by atoms with Gasteiger partial charge in [-0.3, -0.25) is 0 Å².